The maximum Gasteiger partial charge on any atom is 0.248 e. The van der Waals surface area contributed by atoms with Crippen LogP contribution in [0.25, 0.3) is 10.8 Å². The second kappa shape index (κ2) is 7.69. The van der Waals surface area contributed by atoms with Gasteiger partial charge in [0.1, 0.15) is 6.04 Å². The minimum Gasteiger partial charge on any atom is -0.324 e. The molecule has 1 saturated heterocycles. The quantitative estimate of drug-likeness (QED) is 0.482. The van der Waals surface area contributed by atoms with Crippen LogP contribution in [-0.2, 0) is 20.8 Å². The number of anilines is 1. The Kier molecular flexibility index (Phi) is 4.64. The number of hydrogen-bond donors (Lipinski definition) is 1. The molecule has 1 N–H and O–H groups in total. The van der Waals surface area contributed by atoms with Gasteiger partial charge in [0.25, 0.3) is 0 Å². The number of rotatable bonds is 5. The summed E-state index contributed by atoms with van der Waals surface area (Å²) in [7, 11) is 0. The first kappa shape index (κ1) is 19.9. The first-order valence-corrected chi connectivity index (χ1v) is 11.5. The molecule has 2 aliphatic carbocycles. The molecule has 6 rings (SSSR count). The van der Waals surface area contributed by atoms with Crippen molar-refractivity contribution in [3.05, 3.63) is 90.5 Å². The second-order valence-electron chi connectivity index (χ2n) is 9.27. The summed E-state index contributed by atoms with van der Waals surface area (Å²) in [6, 6.07) is 22.2. The van der Waals surface area contributed by atoms with Crippen LogP contribution in [0.4, 0.5) is 5.69 Å². The molecule has 3 amide bonds. The summed E-state index contributed by atoms with van der Waals surface area (Å²) in [5, 5.41) is 4.96. The molecule has 2 fully saturated rings. The third-order valence-corrected chi connectivity index (χ3v) is 7.44. The predicted octanol–water partition coefficient (Wildman–Crippen LogP) is 4.20. The van der Waals surface area contributed by atoms with Crippen LogP contribution in [0.5, 0.6) is 0 Å². The summed E-state index contributed by atoms with van der Waals surface area (Å²) in [5.74, 6) is -1.16. The number of benzene rings is 3. The molecule has 1 aliphatic heterocycles. The van der Waals surface area contributed by atoms with E-state index in [0.29, 0.717) is 5.69 Å². The van der Waals surface area contributed by atoms with Crippen LogP contribution in [0.15, 0.2) is 84.9 Å². The van der Waals surface area contributed by atoms with E-state index < -0.39 is 6.04 Å². The Morgan fingerprint density at radius 1 is 0.848 bits per heavy atom. The molecule has 5 atom stereocenters. The lowest BCUT2D eigenvalue weighted by Gasteiger charge is -2.27. The highest BCUT2D eigenvalue weighted by Gasteiger charge is 2.61. The summed E-state index contributed by atoms with van der Waals surface area (Å²) in [5.41, 5.74) is 1.59. The van der Waals surface area contributed by atoms with Crippen LogP contribution in [0.3, 0.4) is 0 Å². The van der Waals surface area contributed by atoms with Crippen LogP contribution in [-0.4, -0.2) is 28.7 Å². The minimum atomic E-state index is -0.892. The molecule has 164 valence electrons. The molecule has 0 radical (unpaired) electrons. The Balaban J connectivity index is 1.35. The van der Waals surface area contributed by atoms with Gasteiger partial charge >= 0.3 is 0 Å². The zero-order valence-electron chi connectivity index (χ0n) is 18.1. The lowest BCUT2D eigenvalue weighted by molar-refractivity contribution is -0.147. The van der Waals surface area contributed by atoms with E-state index in [9.17, 15) is 14.4 Å². The van der Waals surface area contributed by atoms with E-state index in [1.165, 1.54) is 4.90 Å². The second-order valence-corrected chi connectivity index (χ2v) is 9.27. The Hall–Kier alpha value is -3.73. The number of carbonyl (C=O) groups is 3. The maximum absolute atomic E-state index is 13.7. The minimum absolute atomic E-state index is 0.111. The number of allylic oxidation sites excluding steroid dienone is 2. The van der Waals surface area contributed by atoms with Gasteiger partial charge in [-0.25, -0.2) is 0 Å². The van der Waals surface area contributed by atoms with Crippen LogP contribution < -0.4 is 5.32 Å². The molecule has 3 aliphatic rings. The lowest BCUT2D eigenvalue weighted by atomic mass is 9.85. The summed E-state index contributed by atoms with van der Waals surface area (Å²) >= 11 is 0. The fourth-order valence-corrected chi connectivity index (χ4v) is 5.92. The molecule has 1 heterocycles. The summed E-state index contributed by atoms with van der Waals surface area (Å²) < 4.78 is 0. The summed E-state index contributed by atoms with van der Waals surface area (Å²) in [4.78, 5) is 41.9. The number of nitrogens with zero attached hydrogens (tertiary/aromatic N) is 1. The van der Waals surface area contributed by atoms with Gasteiger partial charge in [-0.1, -0.05) is 78.9 Å². The van der Waals surface area contributed by atoms with Crippen molar-refractivity contribution in [2.45, 2.75) is 18.9 Å². The zero-order valence-corrected chi connectivity index (χ0v) is 18.1. The number of amides is 3. The van der Waals surface area contributed by atoms with E-state index in [1.54, 1.807) is 0 Å². The highest BCUT2D eigenvalue weighted by atomic mass is 16.2. The molecule has 0 unspecified atom stereocenters. The topological polar surface area (TPSA) is 66.5 Å². The van der Waals surface area contributed by atoms with Crippen molar-refractivity contribution in [1.29, 1.82) is 0 Å². The largest absolute Gasteiger partial charge is 0.324 e. The third-order valence-electron chi connectivity index (χ3n) is 7.44. The first-order chi connectivity index (χ1) is 16.1. The Morgan fingerprint density at radius 3 is 2.21 bits per heavy atom. The number of carbonyl (C=O) groups excluding carboxylic acids is 3. The molecule has 0 aromatic heterocycles. The highest BCUT2D eigenvalue weighted by Crippen LogP contribution is 2.53. The molecular weight excluding hydrogens is 412 g/mol. The molecule has 0 spiro atoms. The van der Waals surface area contributed by atoms with Crippen LogP contribution >= 0.6 is 0 Å². The van der Waals surface area contributed by atoms with Gasteiger partial charge in [-0.05, 0) is 35.3 Å². The van der Waals surface area contributed by atoms with E-state index in [2.05, 4.69) is 17.5 Å². The van der Waals surface area contributed by atoms with E-state index in [-0.39, 0.29) is 47.8 Å². The highest BCUT2D eigenvalue weighted by molar-refractivity contribution is 6.12. The monoisotopic (exact) mass is 436 g/mol. The van der Waals surface area contributed by atoms with Gasteiger partial charge < -0.3 is 5.32 Å². The molecule has 2 bridgehead atoms. The van der Waals surface area contributed by atoms with E-state index in [1.807, 2.05) is 72.8 Å². The smallest absolute Gasteiger partial charge is 0.248 e. The van der Waals surface area contributed by atoms with E-state index >= 15 is 0 Å². The molecular formula is C28H24N2O3. The fraction of sp³-hybridized carbons (Fsp3) is 0.250. The van der Waals surface area contributed by atoms with Gasteiger partial charge in [0.15, 0.2) is 0 Å². The first-order valence-electron chi connectivity index (χ1n) is 11.5. The van der Waals surface area contributed by atoms with E-state index in [0.717, 1.165) is 22.8 Å². The van der Waals surface area contributed by atoms with Crippen LogP contribution in [0.1, 0.15) is 12.0 Å². The average Bonchev–Trinajstić information content (AvgIpc) is 3.52. The van der Waals surface area contributed by atoms with Gasteiger partial charge in [-0.15, -0.1) is 0 Å². The Morgan fingerprint density at radius 2 is 1.48 bits per heavy atom. The van der Waals surface area contributed by atoms with Crippen molar-refractivity contribution in [2.24, 2.45) is 23.7 Å². The molecule has 1 saturated carbocycles. The van der Waals surface area contributed by atoms with Gasteiger partial charge in [-0.2, -0.15) is 0 Å². The number of imide groups is 1. The van der Waals surface area contributed by atoms with Crippen molar-refractivity contribution in [3.63, 3.8) is 0 Å². The number of hydrogen-bond acceptors (Lipinski definition) is 3. The van der Waals surface area contributed by atoms with Crippen LogP contribution in [0, 0.1) is 23.7 Å². The van der Waals surface area contributed by atoms with E-state index in [4.69, 9.17) is 0 Å². The summed E-state index contributed by atoms with van der Waals surface area (Å²) in [6.45, 7) is 0. The third kappa shape index (κ3) is 3.18. The van der Waals surface area contributed by atoms with Gasteiger partial charge in [0, 0.05) is 17.5 Å². The van der Waals surface area contributed by atoms with Crippen LogP contribution in [0.2, 0.25) is 0 Å². The SMILES string of the molecule is O=C(Nc1cccc2ccccc12)[C@H](Cc1ccccc1)N1C(=O)[C@H]2[C@H](C1=O)[C@H]1C=C[C@H]2C1. The maximum atomic E-state index is 13.7. The predicted molar refractivity (Wildman–Crippen MR) is 126 cm³/mol. The Labute approximate surface area is 192 Å². The molecule has 5 nitrogen and oxygen atoms in total. The normalized spacial score (nSPS) is 26.1. The lowest BCUT2D eigenvalue weighted by Crippen LogP contribution is -2.49. The molecule has 3 aromatic carbocycles. The van der Waals surface area contributed by atoms with Crippen molar-refractivity contribution in [3.8, 4) is 0 Å². The Bertz CT molecular complexity index is 1260. The van der Waals surface area contributed by atoms with Gasteiger partial charge in [0.2, 0.25) is 17.7 Å². The van der Waals surface area contributed by atoms with Crippen molar-refractivity contribution in [1.82, 2.24) is 4.90 Å². The molecule has 5 heteroatoms. The zero-order chi connectivity index (χ0) is 22.5. The number of fused-ring (bicyclic) bond motifs is 6. The molecule has 3 aromatic rings. The van der Waals surface area contributed by atoms with Crippen molar-refractivity contribution < 1.29 is 14.4 Å². The average molecular weight is 437 g/mol. The van der Waals surface area contributed by atoms with Gasteiger partial charge in [0.05, 0.1) is 11.8 Å². The number of nitrogens with one attached hydrogen (secondary N) is 1. The number of likely N-dealkylation sites (tertiary alicyclic amines) is 1. The standard InChI is InChI=1S/C28H24N2O3/c31-26(29-22-12-6-10-18-9-4-5-11-21(18)22)23(15-17-7-2-1-3-8-17)30-27(32)24-19-13-14-20(16-19)25(24)28(30)33/h1-14,19-20,23-25H,15-16H2,(H,29,31)/t19-,20-,23-,24+,25+/m0/s1. The van der Waals surface area contributed by atoms with Crippen molar-refractivity contribution in [2.75, 3.05) is 5.32 Å². The van der Waals surface area contributed by atoms with Crippen molar-refractivity contribution >= 4 is 34.2 Å². The fourth-order valence-electron chi connectivity index (χ4n) is 5.92. The molecule has 33 heavy (non-hydrogen) atoms. The summed E-state index contributed by atoms with van der Waals surface area (Å²) in [6.07, 6.45) is 5.30. The van der Waals surface area contributed by atoms with Gasteiger partial charge in [-0.3, -0.25) is 19.3 Å².